The molecule has 1 amide bonds. The maximum Gasteiger partial charge on any atom is 0.247 e. The number of anilines is 2. The van der Waals surface area contributed by atoms with Crippen molar-refractivity contribution in [1.29, 1.82) is 0 Å². The molecule has 2 aromatic rings. The van der Waals surface area contributed by atoms with Gasteiger partial charge in [0.05, 0.1) is 17.0 Å². The molecule has 0 aliphatic carbocycles. The van der Waals surface area contributed by atoms with E-state index >= 15 is 0 Å². The fraction of sp³-hybridized carbons (Fsp3) is 0.235. The molecule has 0 aliphatic rings. The second kappa shape index (κ2) is 7.41. The van der Waals surface area contributed by atoms with Gasteiger partial charge in [0.1, 0.15) is 11.9 Å². The molecule has 0 saturated carbocycles. The molecule has 5 nitrogen and oxygen atoms in total. The van der Waals surface area contributed by atoms with Crippen LogP contribution in [0.25, 0.3) is 0 Å². The van der Waals surface area contributed by atoms with E-state index in [1.165, 1.54) is 19.1 Å². The molecule has 0 spiro atoms. The van der Waals surface area contributed by atoms with E-state index in [1.807, 2.05) is 6.92 Å². The van der Waals surface area contributed by atoms with Crippen molar-refractivity contribution in [2.45, 2.75) is 19.9 Å². The molecular weight excluding hydrogens is 367 g/mol. The predicted octanol–water partition coefficient (Wildman–Crippen LogP) is 3.58. The Morgan fingerprint density at radius 3 is 2.32 bits per heavy atom. The highest BCUT2D eigenvalue weighted by atomic mass is 35.5. The van der Waals surface area contributed by atoms with Gasteiger partial charge in [-0.2, -0.15) is 0 Å². The molecule has 1 atom stereocenters. The molecule has 0 aromatic heterocycles. The van der Waals surface area contributed by atoms with Crippen molar-refractivity contribution < 1.29 is 17.6 Å². The first kappa shape index (κ1) is 19.2. The summed E-state index contributed by atoms with van der Waals surface area (Å²) in [4.78, 5) is 12.5. The first-order chi connectivity index (χ1) is 11.6. The Balaban J connectivity index is 2.29. The molecule has 25 heavy (non-hydrogen) atoms. The summed E-state index contributed by atoms with van der Waals surface area (Å²) >= 11 is 5.69. The van der Waals surface area contributed by atoms with Crippen LogP contribution in [0.15, 0.2) is 42.5 Å². The summed E-state index contributed by atoms with van der Waals surface area (Å²) in [5.41, 5.74) is 1.63. The van der Waals surface area contributed by atoms with Gasteiger partial charge in [0.25, 0.3) is 0 Å². The highest BCUT2D eigenvalue weighted by molar-refractivity contribution is 7.92. The van der Waals surface area contributed by atoms with Gasteiger partial charge in [-0.15, -0.1) is 0 Å². The van der Waals surface area contributed by atoms with Gasteiger partial charge in [0, 0.05) is 5.69 Å². The maximum atomic E-state index is 13.2. The summed E-state index contributed by atoms with van der Waals surface area (Å²) in [6.45, 7) is 3.35. The summed E-state index contributed by atoms with van der Waals surface area (Å²) in [6, 6.07) is 9.51. The van der Waals surface area contributed by atoms with E-state index in [4.69, 9.17) is 11.6 Å². The molecule has 0 fully saturated rings. The number of benzene rings is 2. The molecule has 8 heteroatoms. The number of carbonyl (C=O) groups excluding carboxylic acids is 1. The number of halogens is 2. The quantitative estimate of drug-likeness (QED) is 0.856. The van der Waals surface area contributed by atoms with Gasteiger partial charge in [0.15, 0.2) is 0 Å². The Morgan fingerprint density at radius 1 is 1.20 bits per heavy atom. The monoisotopic (exact) mass is 384 g/mol. The Bertz CT molecular complexity index is 885. The summed E-state index contributed by atoms with van der Waals surface area (Å²) in [5, 5.41) is 2.41. The van der Waals surface area contributed by atoms with Gasteiger partial charge in [-0.3, -0.25) is 9.10 Å². The first-order valence-electron chi connectivity index (χ1n) is 7.41. The van der Waals surface area contributed by atoms with Crippen LogP contribution in [0.5, 0.6) is 0 Å². The number of hydrogen-bond acceptors (Lipinski definition) is 3. The van der Waals surface area contributed by atoms with Crippen LogP contribution >= 0.6 is 11.6 Å². The molecule has 1 N–H and O–H groups in total. The second-order valence-electron chi connectivity index (χ2n) is 5.69. The van der Waals surface area contributed by atoms with Crippen molar-refractivity contribution in [3.63, 3.8) is 0 Å². The topological polar surface area (TPSA) is 66.5 Å². The molecular formula is C17H18ClFN2O3S. The number of rotatable bonds is 5. The molecule has 0 bridgehead atoms. The van der Waals surface area contributed by atoms with E-state index in [-0.39, 0.29) is 10.7 Å². The standard InChI is InChI=1S/C17H18ClFN2O3S/c1-11-4-7-14(8-5-11)21(25(3,23)24)12(2)17(22)20-13-6-9-16(19)15(18)10-13/h4-10,12H,1-3H3,(H,20,22)/t12-/m0/s1. The molecule has 0 heterocycles. The van der Waals surface area contributed by atoms with Gasteiger partial charge in [0.2, 0.25) is 15.9 Å². The van der Waals surface area contributed by atoms with Gasteiger partial charge in [-0.1, -0.05) is 29.3 Å². The van der Waals surface area contributed by atoms with Gasteiger partial charge >= 0.3 is 0 Å². The van der Waals surface area contributed by atoms with Crippen LogP contribution in [0.2, 0.25) is 5.02 Å². The van der Waals surface area contributed by atoms with E-state index in [0.717, 1.165) is 22.2 Å². The third-order valence-corrected chi connectivity index (χ3v) is 5.10. The Kier molecular flexibility index (Phi) is 5.69. The van der Waals surface area contributed by atoms with Gasteiger partial charge < -0.3 is 5.32 Å². The van der Waals surface area contributed by atoms with E-state index in [9.17, 15) is 17.6 Å². The maximum absolute atomic E-state index is 13.2. The molecule has 2 rings (SSSR count). The minimum Gasteiger partial charge on any atom is -0.324 e. The van der Waals surface area contributed by atoms with Crippen molar-refractivity contribution in [2.75, 3.05) is 15.9 Å². The molecule has 0 unspecified atom stereocenters. The number of sulfonamides is 1. The summed E-state index contributed by atoms with van der Waals surface area (Å²) in [6.07, 6.45) is 1.03. The SMILES string of the molecule is Cc1ccc(N([C@@H](C)C(=O)Nc2ccc(F)c(Cl)c2)S(C)(=O)=O)cc1. The van der Waals surface area contributed by atoms with Crippen LogP contribution < -0.4 is 9.62 Å². The third kappa shape index (κ3) is 4.70. The van der Waals surface area contributed by atoms with Crippen LogP contribution in [-0.2, 0) is 14.8 Å². The summed E-state index contributed by atoms with van der Waals surface area (Å²) in [7, 11) is -3.70. The lowest BCUT2D eigenvalue weighted by Crippen LogP contribution is -2.45. The van der Waals surface area contributed by atoms with Crippen LogP contribution in [-0.4, -0.2) is 26.6 Å². The molecule has 0 saturated heterocycles. The smallest absolute Gasteiger partial charge is 0.247 e. The summed E-state index contributed by atoms with van der Waals surface area (Å²) in [5.74, 6) is -1.17. The minimum atomic E-state index is -3.70. The average Bonchev–Trinajstić information content (AvgIpc) is 2.51. The van der Waals surface area contributed by atoms with Crippen LogP contribution in [0, 0.1) is 12.7 Å². The molecule has 2 aromatic carbocycles. The lowest BCUT2D eigenvalue weighted by Gasteiger charge is -2.28. The minimum absolute atomic E-state index is 0.135. The molecule has 134 valence electrons. The van der Waals surface area contributed by atoms with Crippen molar-refractivity contribution in [3.05, 3.63) is 58.9 Å². The highest BCUT2D eigenvalue weighted by Gasteiger charge is 2.29. The zero-order chi connectivity index (χ0) is 18.8. The number of aryl methyl sites for hydroxylation is 1. The number of carbonyl (C=O) groups is 1. The largest absolute Gasteiger partial charge is 0.324 e. The predicted molar refractivity (Wildman–Crippen MR) is 98.0 cm³/mol. The van der Waals surface area contributed by atoms with E-state index in [2.05, 4.69) is 5.32 Å². The Hall–Kier alpha value is -2.12. The Labute approximate surface area is 151 Å². The molecule has 0 aliphatic heterocycles. The van der Waals surface area contributed by atoms with Crippen molar-refractivity contribution in [2.24, 2.45) is 0 Å². The Morgan fingerprint density at radius 2 is 1.80 bits per heavy atom. The van der Waals surface area contributed by atoms with E-state index in [0.29, 0.717) is 5.69 Å². The van der Waals surface area contributed by atoms with Gasteiger partial charge in [-0.05, 0) is 44.2 Å². The zero-order valence-corrected chi connectivity index (χ0v) is 15.5. The van der Waals surface area contributed by atoms with E-state index < -0.39 is 27.8 Å². The number of nitrogens with zero attached hydrogens (tertiary/aromatic N) is 1. The molecule has 0 radical (unpaired) electrons. The lowest BCUT2D eigenvalue weighted by atomic mass is 10.2. The highest BCUT2D eigenvalue weighted by Crippen LogP contribution is 2.23. The van der Waals surface area contributed by atoms with Crippen molar-refractivity contribution >= 4 is 38.9 Å². The lowest BCUT2D eigenvalue weighted by molar-refractivity contribution is -0.116. The van der Waals surface area contributed by atoms with Crippen molar-refractivity contribution in [1.82, 2.24) is 0 Å². The van der Waals surface area contributed by atoms with Crippen LogP contribution in [0.4, 0.5) is 15.8 Å². The fourth-order valence-corrected chi connectivity index (χ4v) is 3.68. The third-order valence-electron chi connectivity index (χ3n) is 3.56. The zero-order valence-electron chi connectivity index (χ0n) is 14.0. The van der Waals surface area contributed by atoms with Crippen LogP contribution in [0.3, 0.4) is 0 Å². The van der Waals surface area contributed by atoms with Crippen LogP contribution in [0.1, 0.15) is 12.5 Å². The number of hydrogen-bond donors (Lipinski definition) is 1. The second-order valence-corrected chi connectivity index (χ2v) is 7.96. The average molecular weight is 385 g/mol. The van der Waals surface area contributed by atoms with Gasteiger partial charge in [-0.25, -0.2) is 12.8 Å². The van der Waals surface area contributed by atoms with Crippen molar-refractivity contribution in [3.8, 4) is 0 Å². The fourth-order valence-electron chi connectivity index (χ4n) is 2.32. The normalized spacial score (nSPS) is 12.5. The summed E-state index contributed by atoms with van der Waals surface area (Å²) < 4.78 is 38.6. The number of nitrogens with one attached hydrogen (secondary N) is 1. The van der Waals surface area contributed by atoms with E-state index in [1.54, 1.807) is 24.3 Å². The number of amides is 1. The first-order valence-corrected chi connectivity index (χ1v) is 9.64.